The summed E-state index contributed by atoms with van der Waals surface area (Å²) < 4.78 is 0. The van der Waals surface area contributed by atoms with Crippen LogP contribution in [0.3, 0.4) is 0 Å². The molecule has 0 atom stereocenters. The van der Waals surface area contributed by atoms with Crippen LogP contribution in [0.2, 0.25) is 0 Å². The van der Waals surface area contributed by atoms with Gasteiger partial charge in [0.15, 0.2) is 0 Å². The number of hydrogen-bond donors (Lipinski definition) is 0. The molecule has 2 nitrogen and oxygen atoms in total. The average molecular weight is 211 g/mol. The van der Waals surface area contributed by atoms with Crippen LogP contribution in [0.15, 0.2) is 18.2 Å². The van der Waals surface area contributed by atoms with Crippen molar-refractivity contribution >= 4 is 23.2 Å². The van der Waals surface area contributed by atoms with Gasteiger partial charge >= 0.3 is 0 Å². The molecule has 0 aliphatic heterocycles. The second-order valence-corrected chi connectivity index (χ2v) is 3.39. The average Bonchev–Trinajstić information content (AvgIpc) is 2.16. The number of rotatable bonds is 1. The molecule has 0 saturated heterocycles. The maximum Gasteiger partial charge on any atom is 0.135 e. The van der Waals surface area contributed by atoms with Gasteiger partial charge in [-0.25, -0.2) is 0 Å². The summed E-state index contributed by atoms with van der Waals surface area (Å²) >= 11 is 11.3. The van der Waals surface area contributed by atoms with E-state index in [4.69, 9.17) is 33.7 Å². The first-order valence-corrected chi connectivity index (χ1v) is 4.29. The summed E-state index contributed by atoms with van der Waals surface area (Å²) in [5, 5.41) is 17.4. The maximum absolute atomic E-state index is 8.71. The van der Waals surface area contributed by atoms with Gasteiger partial charge in [-0.15, -0.1) is 0 Å². The third-order valence-electron chi connectivity index (χ3n) is 1.57. The second-order valence-electron chi connectivity index (χ2n) is 2.29. The van der Waals surface area contributed by atoms with Crippen LogP contribution in [-0.4, -0.2) is 0 Å². The zero-order chi connectivity index (χ0) is 9.84. The summed E-state index contributed by atoms with van der Waals surface area (Å²) in [6.45, 7) is 0. The predicted molar refractivity (Wildman–Crippen MR) is 50.3 cm³/mol. The first-order valence-electron chi connectivity index (χ1n) is 3.42. The molecular formula is C9H4Cl2N2. The van der Waals surface area contributed by atoms with E-state index in [0.29, 0.717) is 16.7 Å². The number of nitriles is 2. The zero-order valence-corrected chi connectivity index (χ0v) is 7.97. The summed E-state index contributed by atoms with van der Waals surface area (Å²) in [5.74, 6) is 0. The minimum absolute atomic E-state index is 0.342. The van der Waals surface area contributed by atoms with Crippen molar-refractivity contribution in [2.75, 3.05) is 0 Å². The third kappa shape index (κ3) is 1.92. The van der Waals surface area contributed by atoms with Crippen LogP contribution in [0.25, 0.3) is 0 Å². The molecule has 0 fully saturated rings. The highest BCUT2D eigenvalue weighted by Crippen LogP contribution is 2.30. The van der Waals surface area contributed by atoms with Crippen molar-refractivity contribution in [1.29, 1.82) is 10.5 Å². The number of alkyl halides is 2. The minimum Gasteiger partial charge on any atom is -0.192 e. The van der Waals surface area contributed by atoms with E-state index < -0.39 is 4.84 Å². The van der Waals surface area contributed by atoms with E-state index in [1.54, 1.807) is 18.2 Å². The SMILES string of the molecule is N#Cc1cccc(C#N)c1C(Cl)Cl. The highest BCUT2D eigenvalue weighted by atomic mass is 35.5. The van der Waals surface area contributed by atoms with Gasteiger partial charge in [-0.2, -0.15) is 10.5 Å². The van der Waals surface area contributed by atoms with Crippen molar-refractivity contribution in [2.45, 2.75) is 4.84 Å². The van der Waals surface area contributed by atoms with E-state index in [-0.39, 0.29) is 0 Å². The highest BCUT2D eigenvalue weighted by molar-refractivity contribution is 6.44. The predicted octanol–water partition coefficient (Wildman–Crippen LogP) is 2.91. The number of benzene rings is 1. The third-order valence-corrected chi connectivity index (χ3v) is 2.00. The Balaban J connectivity index is 3.43. The van der Waals surface area contributed by atoms with Crippen LogP contribution < -0.4 is 0 Å². The first kappa shape index (κ1) is 9.86. The molecule has 0 aliphatic rings. The van der Waals surface area contributed by atoms with E-state index in [1.165, 1.54) is 0 Å². The van der Waals surface area contributed by atoms with E-state index in [2.05, 4.69) is 0 Å². The van der Waals surface area contributed by atoms with Crippen LogP contribution >= 0.6 is 23.2 Å². The van der Waals surface area contributed by atoms with Gasteiger partial charge in [-0.3, -0.25) is 0 Å². The van der Waals surface area contributed by atoms with Crippen LogP contribution in [-0.2, 0) is 0 Å². The van der Waals surface area contributed by atoms with Gasteiger partial charge in [0, 0.05) is 5.56 Å². The molecule has 0 bridgehead atoms. The molecule has 0 radical (unpaired) electrons. The van der Waals surface area contributed by atoms with E-state index in [1.807, 2.05) is 12.1 Å². The zero-order valence-electron chi connectivity index (χ0n) is 6.46. The Morgan fingerprint density at radius 1 is 1.08 bits per heavy atom. The Kier molecular flexibility index (Phi) is 3.14. The maximum atomic E-state index is 8.71. The van der Waals surface area contributed by atoms with Crippen molar-refractivity contribution < 1.29 is 0 Å². The van der Waals surface area contributed by atoms with Crippen molar-refractivity contribution in [3.63, 3.8) is 0 Å². The smallest absolute Gasteiger partial charge is 0.135 e. The molecule has 0 aliphatic carbocycles. The second kappa shape index (κ2) is 4.14. The van der Waals surface area contributed by atoms with E-state index in [9.17, 15) is 0 Å². The molecule has 0 amide bonds. The normalized spacial score (nSPS) is 9.31. The van der Waals surface area contributed by atoms with Gasteiger partial charge < -0.3 is 0 Å². The van der Waals surface area contributed by atoms with Crippen molar-refractivity contribution in [1.82, 2.24) is 0 Å². The lowest BCUT2D eigenvalue weighted by Crippen LogP contribution is -1.93. The Morgan fingerprint density at radius 2 is 1.54 bits per heavy atom. The molecule has 1 aromatic carbocycles. The molecule has 13 heavy (non-hydrogen) atoms. The summed E-state index contributed by atoms with van der Waals surface area (Å²) in [5.41, 5.74) is 1.07. The molecule has 0 saturated carbocycles. The summed E-state index contributed by atoms with van der Waals surface area (Å²) in [7, 11) is 0. The van der Waals surface area contributed by atoms with Crippen LogP contribution in [0, 0.1) is 22.7 Å². The summed E-state index contributed by atoms with van der Waals surface area (Å²) in [6, 6.07) is 8.64. The molecule has 64 valence electrons. The Bertz CT molecular complexity index is 367. The molecule has 1 aromatic rings. The number of halogens is 2. The quantitative estimate of drug-likeness (QED) is 0.670. The van der Waals surface area contributed by atoms with Gasteiger partial charge in [-0.05, 0) is 12.1 Å². The highest BCUT2D eigenvalue weighted by Gasteiger charge is 2.14. The van der Waals surface area contributed by atoms with Crippen LogP contribution in [0.5, 0.6) is 0 Å². The fraction of sp³-hybridized carbons (Fsp3) is 0.111. The minimum atomic E-state index is -0.842. The molecular weight excluding hydrogens is 207 g/mol. The summed E-state index contributed by atoms with van der Waals surface area (Å²) in [6.07, 6.45) is 0. The van der Waals surface area contributed by atoms with Crippen molar-refractivity contribution in [2.24, 2.45) is 0 Å². The lowest BCUT2D eigenvalue weighted by atomic mass is 10.0. The largest absolute Gasteiger partial charge is 0.192 e. The van der Waals surface area contributed by atoms with E-state index in [0.717, 1.165) is 0 Å². The molecule has 0 N–H and O–H groups in total. The molecule has 0 heterocycles. The molecule has 0 aromatic heterocycles. The number of hydrogen-bond acceptors (Lipinski definition) is 2. The summed E-state index contributed by atoms with van der Waals surface area (Å²) in [4.78, 5) is -0.842. The fourth-order valence-electron chi connectivity index (χ4n) is 0.995. The van der Waals surface area contributed by atoms with Gasteiger partial charge in [0.05, 0.1) is 23.3 Å². The van der Waals surface area contributed by atoms with Crippen LogP contribution in [0.1, 0.15) is 21.5 Å². The van der Waals surface area contributed by atoms with Gasteiger partial charge in [0.25, 0.3) is 0 Å². The molecule has 4 heteroatoms. The monoisotopic (exact) mass is 210 g/mol. The standard InChI is InChI=1S/C9H4Cl2N2/c10-9(11)8-6(4-12)2-1-3-7(8)5-13/h1-3,9H. The Labute approximate surface area is 85.9 Å². The van der Waals surface area contributed by atoms with Crippen molar-refractivity contribution in [3.05, 3.63) is 34.9 Å². The topological polar surface area (TPSA) is 47.6 Å². The van der Waals surface area contributed by atoms with Crippen LogP contribution in [0.4, 0.5) is 0 Å². The van der Waals surface area contributed by atoms with Gasteiger partial charge in [-0.1, -0.05) is 29.3 Å². The van der Waals surface area contributed by atoms with Gasteiger partial charge in [0.2, 0.25) is 0 Å². The Morgan fingerprint density at radius 3 is 1.85 bits per heavy atom. The molecule has 1 rings (SSSR count). The first-order chi connectivity index (χ1) is 6.20. The van der Waals surface area contributed by atoms with Gasteiger partial charge in [0.1, 0.15) is 4.84 Å². The Hall–Kier alpha value is -1.22. The lowest BCUT2D eigenvalue weighted by Gasteiger charge is -2.05. The molecule has 0 unspecified atom stereocenters. The molecule has 0 spiro atoms. The number of nitrogens with zero attached hydrogens (tertiary/aromatic N) is 2. The van der Waals surface area contributed by atoms with Crippen molar-refractivity contribution in [3.8, 4) is 12.1 Å². The van der Waals surface area contributed by atoms with E-state index >= 15 is 0 Å². The lowest BCUT2D eigenvalue weighted by molar-refractivity contribution is 1.28. The fourth-order valence-corrected chi connectivity index (χ4v) is 1.47.